The number of nitrogens with one attached hydrogen (secondary N) is 2. The highest BCUT2D eigenvalue weighted by molar-refractivity contribution is 7.18. The molecule has 1 atom stereocenters. The molecule has 2 saturated heterocycles. The van der Waals surface area contributed by atoms with E-state index in [1.165, 1.54) is 12.4 Å². The molecule has 2 fully saturated rings. The van der Waals surface area contributed by atoms with Gasteiger partial charge in [-0.1, -0.05) is 6.07 Å². The van der Waals surface area contributed by atoms with Gasteiger partial charge >= 0.3 is 11.9 Å². The number of carbonyl (C=O) groups is 1. The summed E-state index contributed by atoms with van der Waals surface area (Å²) in [4.78, 5) is 43.0. The van der Waals surface area contributed by atoms with Crippen LogP contribution in [0.5, 0.6) is 0 Å². The number of benzene rings is 1. The molecule has 1 spiro atoms. The van der Waals surface area contributed by atoms with Crippen LogP contribution < -0.4 is 10.6 Å². The van der Waals surface area contributed by atoms with Crippen molar-refractivity contribution in [2.75, 3.05) is 24.5 Å². The molecule has 8 nitrogen and oxygen atoms in total. The standard InChI is InChI=1S/C23H21F3N6O2S/c24-23(25,26)7-14-6-15-19(27-12-28-20(15)35-14)32-11-22(8-18(32)33)3-4-31(10-22)9-13-1-2-16-17(5-13)30-21(34)29-16/h1-2,5-6,12H,3-4,7-11H2,(H2,29,30,34). The van der Waals surface area contributed by atoms with E-state index >= 15 is 0 Å². The summed E-state index contributed by atoms with van der Waals surface area (Å²) >= 11 is 0.984. The second kappa shape index (κ2) is 7.89. The van der Waals surface area contributed by atoms with Gasteiger partial charge in [0.1, 0.15) is 17.0 Å². The number of carbonyl (C=O) groups excluding carboxylic acids is 1. The van der Waals surface area contributed by atoms with Crippen molar-refractivity contribution < 1.29 is 18.0 Å². The lowest BCUT2D eigenvalue weighted by molar-refractivity contribution is -0.126. The number of halogens is 3. The number of thiophene rings is 1. The molecule has 1 aromatic carbocycles. The molecule has 0 bridgehead atoms. The molecule has 2 aliphatic rings. The number of amides is 1. The first-order valence-electron chi connectivity index (χ1n) is 11.2. The van der Waals surface area contributed by atoms with Gasteiger partial charge in [-0.15, -0.1) is 11.3 Å². The number of alkyl halides is 3. The van der Waals surface area contributed by atoms with E-state index in [-0.39, 0.29) is 21.9 Å². The van der Waals surface area contributed by atoms with Gasteiger partial charge in [-0.25, -0.2) is 14.8 Å². The Hall–Kier alpha value is -3.25. The van der Waals surface area contributed by atoms with Crippen molar-refractivity contribution in [1.29, 1.82) is 0 Å². The molecule has 3 aromatic heterocycles. The lowest BCUT2D eigenvalue weighted by Gasteiger charge is -2.24. The van der Waals surface area contributed by atoms with E-state index in [0.717, 1.165) is 47.4 Å². The molecule has 35 heavy (non-hydrogen) atoms. The Bertz CT molecular complexity index is 1510. The summed E-state index contributed by atoms with van der Waals surface area (Å²) < 4.78 is 38.7. The molecule has 182 valence electrons. The predicted octanol–water partition coefficient (Wildman–Crippen LogP) is 3.59. The summed E-state index contributed by atoms with van der Waals surface area (Å²) in [6.45, 7) is 2.73. The maximum atomic E-state index is 13.1. The summed E-state index contributed by atoms with van der Waals surface area (Å²) in [5, 5.41) is 0.491. The third kappa shape index (κ3) is 4.20. The minimum absolute atomic E-state index is 0.0678. The van der Waals surface area contributed by atoms with Gasteiger partial charge < -0.3 is 9.97 Å². The summed E-state index contributed by atoms with van der Waals surface area (Å²) in [7, 11) is 0. The highest BCUT2D eigenvalue weighted by Gasteiger charge is 2.48. The third-order valence-corrected chi connectivity index (χ3v) is 7.86. The molecule has 0 radical (unpaired) electrons. The lowest BCUT2D eigenvalue weighted by Crippen LogP contribution is -2.31. The summed E-state index contributed by atoms with van der Waals surface area (Å²) in [5.74, 6) is 0.323. The van der Waals surface area contributed by atoms with Gasteiger partial charge in [-0.3, -0.25) is 14.6 Å². The van der Waals surface area contributed by atoms with E-state index in [1.54, 1.807) is 4.90 Å². The second-order valence-corrected chi connectivity index (χ2v) is 10.6. The molecule has 5 heterocycles. The topological polar surface area (TPSA) is 98.0 Å². The van der Waals surface area contributed by atoms with E-state index < -0.39 is 12.6 Å². The van der Waals surface area contributed by atoms with Crippen molar-refractivity contribution in [1.82, 2.24) is 24.8 Å². The zero-order valence-corrected chi connectivity index (χ0v) is 19.3. The Balaban J connectivity index is 1.21. The number of imidazole rings is 1. The Morgan fingerprint density at radius 3 is 2.74 bits per heavy atom. The van der Waals surface area contributed by atoms with E-state index in [9.17, 15) is 22.8 Å². The fourth-order valence-corrected chi connectivity index (χ4v) is 6.37. The number of aromatic nitrogens is 4. The average molecular weight is 503 g/mol. The largest absolute Gasteiger partial charge is 0.393 e. The Morgan fingerprint density at radius 2 is 1.91 bits per heavy atom. The van der Waals surface area contributed by atoms with E-state index in [2.05, 4.69) is 24.8 Å². The van der Waals surface area contributed by atoms with Gasteiger partial charge in [0, 0.05) is 36.3 Å². The van der Waals surface area contributed by atoms with Crippen LogP contribution in [0, 0.1) is 5.41 Å². The van der Waals surface area contributed by atoms with Crippen LogP contribution in [0.15, 0.2) is 35.4 Å². The van der Waals surface area contributed by atoms with Crippen molar-refractivity contribution in [3.05, 3.63) is 51.5 Å². The molecular formula is C23H21F3N6O2S. The number of rotatable bonds is 4. The average Bonchev–Trinajstić information content (AvgIpc) is 3.52. The number of hydrogen-bond acceptors (Lipinski definition) is 6. The fraction of sp³-hybridized carbons (Fsp3) is 0.391. The van der Waals surface area contributed by atoms with Crippen LogP contribution >= 0.6 is 11.3 Å². The highest BCUT2D eigenvalue weighted by Crippen LogP contribution is 2.44. The Labute approximate surface area is 200 Å². The summed E-state index contributed by atoms with van der Waals surface area (Å²) in [5.41, 5.74) is 2.12. The zero-order chi connectivity index (χ0) is 24.4. The third-order valence-electron chi connectivity index (χ3n) is 6.81. The van der Waals surface area contributed by atoms with Gasteiger partial charge in [-0.05, 0) is 36.7 Å². The van der Waals surface area contributed by atoms with Crippen LogP contribution in [0.1, 0.15) is 23.3 Å². The number of anilines is 1. The van der Waals surface area contributed by atoms with Crippen LogP contribution in [0.2, 0.25) is 0 Å². The predicted molar refractivity (Wildman–Crippen MR) is 125 cm³/mol. The van der Waals surface area contributed by atoms with Crippen molar-refractivity contribution in [3.8, 4) is 0 Å². The van der Waals surface area contributed by atoms with Crippen molar-refractivity contribution in [3.63, 3.8) is 0 Å². The molecule has 4 aromatic rings. The van der Waals surface area contributed by atoms with Crippen LogP contribution in [0.4, 0.5) is 19.0 Å². The Morgan fingerprint density at radius 1 is 1.09 bits per heavy atom. The minimum atomic E-state index is -4.31. The first-order valence-corrected chi connectivity index (χ1v) is 12.0. The second-order valence-electron chi connectivity index (χ2n) is 9.50. The first kappa shape index (κ1) is 22.2. The first-order chi connectivity index (χ1) is 16.7. The zero-order valence-electron chi connectivity index (χ0n) is 18.5. The molecular weight excluding hydrogens is 481 g/mol. The number of hydrogen-bond donors (Lipinski definition) is 2. The van der Waals surface area contributed by atoms with Crippen LogP contribution in [-0.2, 0) is 17.8 Å². The molecule has 0 saturated carbocycles. The number of H-pyrrole nitrogens is 2. The highest BCUT2D eigenvalue weighted by atomic mass is 32.1. The monoisotopic (exact) mass is 502 g/mol. The SMILES string of the molecule is O=C1CC2(CCN(Cc3ccc4[nH]c(=O)[nH]c4c3)C2)CN1c1ncnc2sc(CC(F)(F)F)cc12. The van der Waals surface area contributed by atoms with Crippen molar-refractivity contribution in [2.45, 2.75) is 32.0 Å². The van der Waals surface area contributed by atoms with E-state index in [4.69, 9.17) is 0 Å². The number of nitrogens with zero attached hydrogens (tertiary/aromatic N) is 4. The molecule has 1 amide bonds. The molecule has 1 unspecified atom stereocenters. The smallest absolute Gasteiger partial charge is 0.306 e. The summed E-state index contributed by atoms with van der Waals surface area (Å²) in [6, 6.07) is 7.28. The quantitative estimate of drug-likeness (QED) is 0.445. The maximum Gasteiger partial charge on any atom is 0.393 e. The maximum absolute atomic E-state index is 13.1. The molecule has 12 heteroatoms. The van der Waals surface area contributed by atoms with Crippen LogP contribution in [-0.4, -0.2) is 56.6 Å². The minimum Gasteiger partial charge on any atom is -0.306 e. The fourth-order valence-electron chi connectivity index (χ4n) is 5.35. The molecule has 2 N–H and O–H groups in total. The van der Waals surface area contributed by atoms with Gasteiger partial charge in [0.25, 0.3) is 0 Å². The van der Waals surface area contributed by atoms with Gasteiger partial charge in [0.05, 0.1) is 22.8 Å². The van der Waals surface area contributed by atoms with Crippen molar-refractivity contribution >= 4 is 44.3 Å². The van der Waals surface area contributed by atoms with E-state index in [0.29, 0.717) is 35.5 Å². The Kier molecular flexibility index (Phi) is 5.01. The van der Waals surface area contributed by atoms with Crippen LogP contribution in [0.3, 0.4) is 0 Å². The van der Waals surface area contributed by atoms with Crippen LogP contribution in [0.25, 0.3) is 21.3 Å². The molecule has 2 aliphatic heterocycles. The van der Waals surface area contributed by atoms with Crippen molar-refractivity contribution in [2.24, 2.45) is 5.41 Å². The van der Waals surface area contributed by atoms with Gasteiger partial charge in [-0.2, -0.15) is 13.2 Å². The molecule has 6 rings (SSSR count). The lowest BCUT2D eigenvalue weighted by atomic mass is 9.86. The number of likely N-dealkylation sites (tertiary alicyclic amines) is 1. The van der Waals surface area contributed by atoms with E-state index in [1.807, 2.05) is 18.2 Å². The number of aromatic amines is 2. The van der Waals surface area contributed by atoms with Gasteiger partial charge in [0.15, 0.2) is 0 Å². The van der Waals surface area contributed by atoms with Gasteiger partial charge in [0.2, 0.25) is 5.91 Å². The molecule has 0 aliphatic carbocycles. The summed E-state index contributed by atoms with van der Waals surface area (Å²) in [6.07, 6.45) is -2.81. The number of fused-ring (bicyclic) bond motifs is 2. The normalized spacial score (nSPS) is 21.3.